The lowest BCUT2D eigenvalue weighted by atomic mass is 9.99. The summed E-state index contributed by atoms with van der Waals surface area (Å²) in [5.41, 5.74) is 2.36. The maximum absolute atomic E-state index is 6.03. The number of ether oxygens (including phenoxy) is 1. The lowest BCUT2D eigenvalue weighted by Gasteiger charge is -2.36. The Kier molecular flexibility index (Phi) is 5.62. The summed E-state index contributed by atoms with van der Waals surface area (Å²) in [5, 5.41) is 4.38. The molecule has 0 bridgehead atoms. The fraction of sp³-hybridized carbons (Fsp3) is 0.389. The molecule has 2 atom stereocenters. The Morgan fingerprint density at radius 2 is 2.17 bits per heavy atom. The average molecular weight is 332 g/mol. The highest BCUT2D eigenvalue weighted by Crippen LogP contribution is 2.24. The fourth-order valence-corrected chi connectivity index (χ4v) is 3.00. The second-order valence-electron chi connectivity index (χ2n) is 5.94. The van der Waals surface area contributed by atoms with Crippen LogP contribution in [0.3, 0.4) is 0 Å². The van der Waals surface area contributed by atoms with Crippen LogP contribution in [0.1, 0.15) is 17.2 Å². The van der Waals surface area contributed by atoms with E-state index in [1.807, 2.05) is 24.4 Å². The van der Waals surface area contributed by atoms with Crippen molar-refractivity contribution < 1.29 is 4.74 Å². The van der Waals surface area contributed by atoms with E-state index < -0.39 is 0 Å². The van der Waals surface area contributed by atoms with E-state index >= 15 is 0 Å². The quantitative estimate of drug-likeness (QED) is 0.914. The van der Waals surface area contributed by atoms with Crippen LogP contribution in [0.25, 0.3) is 0 Å². The molecule has 2 aromatic rings. The molecule has 1 fully saturated rings. The molecule has 1 aliphatic rings. The summed E-state index contributed by atoms with van der Waals surface area (Å²) < 4.78 is 6.03. The molecule has 2 unspecified atom stereocenters. The van der Waals surface area contributed by atoms with Crippen LogP contribution < -0.4 is 5.32 Å². The third-order valence-corrected chi connectivity index (χ3v) is 4.40. The lowest BCUT2D eigenvalue weighted by Crippen LogP contribution is -2.46. The van der Waals surface area contributed by atoms with Gasteiger partial charge in [-0.25, -0.2) is 0 Å². The van der Waals surface area contributed by atoms with Gasteiger partial charge in [-0.1, -0.05) is 29.8 Å². The summed E-state index contributed by atoms with van der Waals surface area (Å²) in [4.78, 5) is 6.48. The molecule has 0 radical (unpaired) electrons. The van der Waals surface area contributed by atoms with Gasteiger partial charge in [0.15, 0.2) is 0 Å². The van der Waals surface area contributed by atoms with Crippen molar-refractivity contribution in [3.05, 3.63) is 64.9 Å². The Hall–Kier alpha value is -1.46. The van der Waals surface area contributed by atoms with E-state index in [0.717, 1.165) is 36.8 Å². The Morgan fingerprint density at radius 3 is 2.87 bits per heavy atom. The molecule has 3 rings (SSSR count). The molecule has 4 nitrogen and oxygen atoms in total. The molecule has 0 aliphatic carbocycles. The summed E-state index contributed by atoms with van der Waals surface area (Å²) in [6, 6.07) is 12.2. The molecule has 23 heavy (non-hydrogen) atoms. The fourth-order valence-electron chi connectivity index (χ4n) is 2.88. The summed E-state index contributed by atoms with van der Waals surface area (Å²) in [7, 11) is 2.13. The minimum absolute atomic E-state index is 0.117. The highest BCUT2D eigenvalue weighted by atomic mass is 35.5. The van der Waals surface area contributed by atoms with E-state index in [1.54, 1.807) is 6.20 Å². The zero-order valence-electron chi connectivity index (χ0n) is 13.3. The average Bonchev–Trinajstić information content (AvgIpc) is 2.58. The van der Waals surface area contributed by atoms with Crippen molar-refractivity contribution in [2.24, 2.45) is 0 Å². The summed E-state index contributed by atoms with van der Waals surface area (Å²) in [5.74, 6) is 0. The van der Waals surface area contributed by atoms with Gasteiger partial charge in [-0.05, 0) is 36.4 Å². The van der Waals surface area contributed by atoms with Crippen LogP contribution in [0, 0.1) is 0 Å². The van der Waals surface area contributed by atoms with Gasteiger partial charge < -0.3 is 15.0 Å². The molecule has 1 aromatic heterocycles. The minimum atomic E-state index is 0.117. The van der Waals surface area contributed by atoms with Crippen molar-refractivity contribution in [1.29, 1.82) is 0 Å². The van der Waals surface area contributed by atoms with Gasteiger partial charge in [0.25, 0.3) is 0 Å². The molecular weight excluding hydrogens is 310 g/mol. The van der Waals surface area contributed by atoms with Crippen LogP contribution in [0.5, 0.6) is 0 Å². The van der Waals surface area contributed by atoms with Crippen LogP contribution in [-0.4, -0.2) is 42.7 Å². The highest BCUT2D eigenvalue weighted by molar-refractivity contribution is 6.30. The van der Waals surface area contributed by atoms with Gasteiger partial charge in [-0.2, -0.15) is 0 Å². The lowest BCUT2D eigenvalue weighted by molar-refractivity contribution is -0.0396. The topological polar surface area (TPSA) is 37.4 Å². The summed E-state index contributed by atoms with van der Waals surface area (Å²) in [6.07, 6.45) is 3.80. The highest BCUT2D eigenvalue weighted by Gasteiger charge is 2.27. The van der Waals surface area contributed by atoms with Crippen LogP contribution in [0.4, 0.5) is 0 Å². The largest absolute Gasteiger partial charge is 0.374 e. The number of hydrogen-bond acceptors (Lipinski definition) is 4. The number of nitrogens with one attached hydrogen (secondary N) is 1. The molecule has 0 spiro atoms. The van der Waals surface area contributed by atoms with Gasteiger partial charge >= 0.3 is 0 Å². The molecule has 122 valence electrons. The van der Waals surface area contributed by atoms with Crippen molar-refractivity contribution in [3.8, 4) is 0 Å². The Morgan fingerprint density at radius 1 is 1.35 bits per heavy atom. The van der Waals surface area contributed by atoms with Crippen LogP contribution in [0.2, 0.25) is 5.02 Å². The van der Waals surface area contributed by atoms with E-state index in [2.05, 4.69) is 40.4 Å². The number of benzene rings is 1. The summed E-state index contributed by atoms with van der Waals surface area (Å²) in [6.45, 7) is 3.41. The van der Waals surface area contributed by atoms with E-state index in [4.69, 9.17) is 16.3 Å². The molecule has 0 amide bonds. The number of morpholine rings is 1. The first kappa shape index (κ1) is 16.4. The molecular formula is C18H22ClN3O. The maximum Gasteiger partial charge on any atom is 0.0896 e. The monoisotopic (exact) mass is 331 g/mol. The predicted molar refractivity (Wildman–Crippen MR) is 92.5 cm³/mol. The third kappa shape index (κ3) is 4.52. The molecule has 1 aliphatic heterocycles. The van der Waals surface area contributed by atoms with Crippen molar-refractivity contribution >= 4 is 11.6 Å². The molecule has 0 saturated carbocycles. The minimum Gasteiger partial charge on any atom is -0.374 e. The standard InChI is InChI=1S/C18H22ClN3O/c1-22-9-10-23-17(13-22)18(15-4-6-16(19)7-5-15)21-12-14-3-2-8-20-11-14/h2-8,11,17-18,21H,9-10,12-13H2,1H3. The molecule has 1 aromatic carbocycles. The first-order chi connectivity index (χ1) is 11.2. The van der Waals surface area contributed by atoms with Gasteiger partial charge in [-0.15, -0.1) is 0 Å². The summed E-state index contributed by atoms with van der Waals surface area (Å²) >= 11 is 6.03. The Balaban J connectivity index is 1.76. The number of rotatable bonds is 5. The molecule has 1 saturated heterocycles. The van der Waals surface area contributed by atoms with E-state index in [-0.39, 0.29) is 12.1 Å². The van der Waals surface area contributed by atoms with Crippen molar-refractivity contribution in [2.45, 2.75) is 18.7 Å². The zero-order valence-corrected chi connectivity index (χ0v) is 14.0. The Bertz CT molecular complexity index is 605. The zero-order chi connectivity index (χ0) is 16.1. The van der Waals surface area contributed by atoms with Crippen molar-refractivity contribution in [1.82, 2.24) is 15.2 Å². The van der Waals surface area contributed by atoms with E-state index in [9.17, 15) is 0 Å². The maximum atomic E-state index is 6.03. The van der Waals surface area contributed by atoms with Gasteiger partial charge in [0.05, 0.1) is 18.8 Å². The Labute approximate surface area is 142 Å². The van der Waals surface area contributed by atoms with Crippen LogP contribution in [0.15, 0.2) is 48.8 Å². The van der Waals surface area contributed by atoms with Crippen LogP contribution >= 0.6 is 11.6 Å². The number of hydrogen-bond donors (Lipinski definition) is 1. The third-order valence-electron chi connectivity index (χ3n) is 4.15. The van der Waals surface area contributed by atoms with E-state index in [1.165, 1.54) is 5.56 Å². The first-order valence-corrected chi connectivity index (χ1v) is 8.28. The number of pyridine rings is 1. The number of likely N-dealkylation sites (N-methyl/N-ethyl adjacent to an activating group) is 1. The number of nitrogens with zero attached hydrogens (tertiary/aromatic N) is 2. The molecule has 5 heteroatoms. The number of halogens is 1. The second kappa shape index (κ2) is 7.88. The van der Waals surface area contributed by atoms with Crippen molar-refractivity contribution in [3.63, 3.8) is 0 Å². The predicted octanol–water partition coefficient (Wildman–Crippen LogP) is 2.90. The first-order valence-electron chi connectivity index (χ1n) is 7.90. The second-order valence-corrected chi connectivity index (χ2v) is 6.38. The van der Waals surface area contributed by atoms with Gasteiger partial charge in [0.1, 0.15) is 0 Å². The molecule has 1 N–H and O–H groups in total. The van der Waals surface area contributed by atoms with Crippen LogP contribution in [-0.2, 0) is 11.3 Å². The number of aromatic nitrogens is 1. The SMILES string of the molecule is CN1CCOC(C(NCc2cccnc2)c2ccc(Cl)cc2)C1. The van der Waals surface area contributed by atoms with E-state index in [0.29, 0.717) is 0 Å². The smallest absolute Gasteiger partial charge is 0.0896 e. The van der Waals surface area contributed by atoms with Crippen molar-refractivity contribution in [2.75, 3.05) is 26.7 Å². The van der Waals surface area contributed by atoms with Gasteiger partial charge in [-0.3, -0.25) is 4.98 Å². The normalized spacial score (nSPS) is 20.3. The van der Waals surface area contributed by atoms with Gasteiger partial charge in [0.2, 0.25) is 0 Å². The molecule has 2 heterocycles. The van der Waals surface area contributed by atoms with Gasteiger partial charge in [0, 0.05) is 37.1 Å².